The van der Waals surface area contributed by atoms with E-state index in [0.29, 0.717) is 16.7 Å². The van der Waals surface area contributed by atoms with Crippen LogP contribution in [0.2, 0.25) is 0 Å². The largest absolute Gasteiger partial charge is 0.462 e. The molecule has 1 heterocycles. The number of amides is 1. The van der Waals surface area contributed by atoms with Crippen molar-refractivity contribution in [1.29, 1.82) is 0 Å². The minimum atomic E-state index is -0.587. The number of halogens is 1. The number of benzene rings is 1. The number of ether oxygens (including phenoxy) is 1. The third-order valence-corrected chi connectivity index (χ3v) is 5.98. The highest BCUT2D eigenvalue weighted by molar-refractivity contribution is 7.14. The van der Waals surface area contributed by atoms with Crippen LogP contribution in [0.4, 0.5) is 9.52 Å². The van der Waals surface area contributed by atoms with Gasteiger partial charge in [0.2, 0.25) is 0 Å². The second-order valence-corrected chi connectivity index (χ2v) is 7.82. The summed E-state index contributed by atoms with van der Waals surface area (Å²) >= 11 is 1.20. The second kappa shape index (κ2) is 7.15. The van der Waals surface area contributed by atoms with E-state index < -0.39 is 11.7 Å². The van der Waals surface area contributed by atoms with Gasteiger partial charge in [0.25, 0.3) is 5.91 Å². The lowest BCUT2D eigenvalue weighted by molar-refractivity contribution is -0.150. The normalized spacial score (nSPS) is 23.8. The maximum Gasteiger partial charge on any atom is 0.312 e. The van der Waals surface area contributed by atoms with E-state index in [1.54, 1.807) is 11.4 Å². The van der Waals surface area contributed by atoms with E-state index in [9.17, 15) is 14.0 Å². The Morgan fingerprint density at radius 3 is 2.85 bits per heavy atom. The lowest BCUT2D eigenvalue weighted by Crippen LogP contribution is -2.25. The molecule has 0 aliphatic heterocycles. The first-order valence-electron chi connectivity index (χ1n) is 8.78. The summed E-state index contributed by atoms with van der Waals surface area (Å²) in [5.41, 5.74) is 0.506. The highest BCUT2D eigenvalue weighted by Gasteiger charge is 2.41. The lowest BCUT2D eigenvalue weighted by Gasteiger charge is -2.21. The topological polar surface area (TPSA) is 68.3 Å². The Balaban J connectivity index is 1.32. The summed E-state index contributed by atoms with van der Waals surface area (Å²) in [7, 11) is 0. The van der Waals surface area contributed by atoms with Gasteiger partial charge in [0.05, 0.1) is 17.7 Å². The monoisotopic (exact) mass is 374 g/mol. The minimum absolute atomic E-state index is 0.0417. The van der Waals surface area contributed by atoms with Crippen LogP contribution in [-0.2, 0) is 16.0 Å². The molecule has 2 aromatic rings. The predicted molar refractivity (Wildman–Crippen MR) is 95.5 cm³/mol. The average molecular weight is 374 g/mol. The van der Waals surface area contributed by atoms with Gasteiger partial charge in [-0.2, -0.15) is 0 Å². The fourth-order valence-corrected chi connectivity index (χ4v) is 4.65. The first kappa shape index (κ1) is 17.1. The average Bonchev–Trinajstić information content (AvgIpc) is 3.32. The first-order chi connectivity index (χ1) is 12.6. The number of carbonyl (C=O) groups excluding carboxylic acids is 2. The van der Waals surface area contributed by atoms with Crippen molar-refractivity contribution in [1.82, 2.24) is 4.98 Å². The van der Waals surface area contributed by atoms with Gasteiger partial charge in [-0.3, -0.25) is 14.9 Å². The summed E-state index contributed by atoms with van der Waals surface area (Å²) in [6.45, 7) is 0. The van der Waals surface area contributed by atoms with Crippen LogP contribution >= 0.6 is 11.3 Å². The fraction of sp³-hybridized carbons (Fsp3) is 0.421. The maximum atomic E-state index is 13.6. The molecule has 136 valence electrons. The van der Waals surface area contributed by atoms with Crippen molar-refractivity contribution in [2.75, 3.05) is 5.32 Å². The van der Waals surface area contributed by atoms with Crippen LogP contribution < -0.4 is 5.32 Å². The van der Waals surface area contributed by atoms with E-state index >= 15 is 0 Å². The Morgan fingerprint density at radius 2 is 2.12 bits per heavy atom. The molecule has 0 spiro atoms. The fourth-order valence-electron chi connectivity index (χ4n) is 3.94. The van der Waals surface area contributed by atoms with Crippen LogP contribution in [0.3, 0.4) is 0 Å². The van der Waals surface area contributed by atoms with E-state index in [0.717, 1.165) is 18.8 Å². The molecule has 5 nitrogen and oxygen atoms in total. The van der Waals surface area contributed by atoms with Crippen molar-refractivity contribution in [3.05, 3.63) is 46.7 Å². The van der Waals surface area contributed by atoms with Crippen molar-refractivity contribution in [2.45, 2.75) is 38.2 Å². The van der Waals surface area contributed by atoms with Crippen LogP contribution in [0.15, 0.2) is 29.6 Å². The molecular formula is C19H19FN2O3S. The number of fused-ring (bicyclic) bond motifs is 2. The highest BCUT2D eigenvalue weighted by atomic mass is 32.1. The summed E-state index contributed by atoms with van der Waals surface area (Å²) in [5.74, 6) is -0.183. The van der Waals surface area contributed by atoms with Gasteiger partial charge in [-0.25, -0.2) is 9.37 Å². The van der Waals surface area contributed by atoms with Crippen LogP contribution in [0, 0.1) is 17.7 Å². The van der Waals surface area contributed by atoms with E-state index in [1.807, 2.05) is 0 Å². The summed E-state index contributed by atoms with van der Waals surface area (Å²) < 4.78 is 19.3. The van der Waals surface area contributed by atoms with E-state index in [1.165, 1.54) is 42.4 Å². The molecule has 0 radical (unpaired) electrons. The van der Waals surface area contributed by atoms with Gasteiger partial charge in [-0.15, -0.1) is 11.3 Å². The zero-order valence-corrected chi connectivity index (χ0v) is 14.9. The first-order valence-corrected chi connectivity index (χ1v) is 9.66. The number of carbonyl (C=O) groups is 2. The number of aromatic nitrogens is 1. The predicted octanol–water partition coefficient (Wildman–Crippen LogP) is 3.81. The molecule has 1 amide bonds. The van der Waals surface area contributed by atoms with Crippen LogP contribution in [0.5, 0.6) is 0 Å². The molecule has 0 saturated heterocycles. The number of rotatable bonds is 5. The van der Waals surface area contributed by atoms with Gasteiger partial charge < -0.3 is 4.74 Å². The van der Waals surface area contributed by atoms with Gasteiger partial charge in [0, 0.05) is 5.38 Å². The molecule has 2 bridgehead atoms. The summed E-state index contributed by atoms with van der Waals surface area (Å²) in [6, 6.07) is 5.76. The quantitative estimate of drug-likeness (QED) is 0.808. The molecule has 7 heteroatoms. The molecular weight excluding hydrogens is 355 g/mol. The molecule has 1 aromatic heterocycles. The highest BCUT2D eigenvalue weighted by Crippen LogP contribution is 2.45. The lowest BCUT2D eigenvalue weighted by atomic mass is 9.98. The smallest absolute Gasteiger partial charge is 0.312 e. The maximum absolute atomic E-state index is 13.6. The van der Waals surface area contributed by atoms with Crippen LogP contribution in [-0.4, -0.2) is 23.0 Å². The molecule has 1 aromatic carbocycles. The minimum Gasteiger partial charge on any atom is -0.462 e. The number of thiazole rings is 1. The zero-order chi connectivity index (χ0) is 18.1. The van der Waals surface area contributed by atoms with E-state index in [2.05, 4.69) is 10.3 Å². The van der Waals surface area contributed by atoms with Crippen molar-refractivity contribution in [3.8, 4) is 0 Å². The van der Waals surface area contributed by atoms with Gasteiger partial charge in [0.1, 0.15) is 11.9 Å². The van der Waals surface area contributed by atoms with Crippen molar-refractivity contribution < 1.29 is 18.7 Å². The number of esters is 1. The number of nitrogens with one attached hydrogen (secondary N) is 1. The van der Waals surface area contributed by atoms with Gasteiger partial charge >= 0.3 is 5.97 Å². The van der Waals surface area contributed by atoms with Gasteiger partial charge in [0.15, 0.2) is 5.13 Å². The molecule has 2 fully saturated rings. The number of hydrogen-bond donors (Lipinski definition) is 1. The molecule has 26 heavy (non-hydrogen) atoms. The van der Waals surface area contributed by atoms with E-state index in [4.69, 9.17) is 4.74 Å². The van der Waals surface area contributed by atoms with Gasteiger partial charge in [-0.05, 0) is 49.7 Å². The van der Waals surface area contributed by atoms with Crippen molar-refractivity contribution in [2.24, 2.45) is 11.8 Å². The molecule has 2 saturated carbocycles. The summed E-state index contributed by atoms with van der Waals surface area (Å²) in [5, 5.41) is 4.61. The Hall–Kier alpha value is -2.28. The Bertz CT molecular complexity index is 838. The number of nitrogens with zero attached hydrogens (tertiary/aromatic N) is 1. The standard InChI is InChI=1S/C19H19FN2O3S/c20-15-4-2-1-3-14(15)18(24)22-19-21-13(10-26-19)9-17(23)25-16-8-11-5-6-12(16)7-11/h1-4,10-12,16H,5-9H2,(H,21,22,24). The Labute approximate surface area is 154 Å². The van der Waals surface area contributed by atoms with Crippen molar-refractivity contribution >= 4 is 28.3 Å². The Morgan fingerprint density at radius 1 is 1.27 bits per heavy atom. The zero-order valence-electron chi connectivity index (χ0n) is 14.1. The van der Waals surface area contributed by atoms with Crippen molar-refractivity contribution in [3.63, 3.8) is 0 Å². The molecule has 3 atom stereocenters. The summed E-state index contributed by atoms with van der Waals surface area (Å²) in [6.07, 6.45) is 4.72. The third-order valence-electron chi connectivity index (χ3n) is 5.17. The van der Waals surface area contributed by atoms with Crippen LogP contribution in [0.25, 0.3) is 0 Å². The van der Waals surface area contributed by atoms with Gasteiger partial charge in [-0.1, -0.05) is 12.1 Å². The Kier molecular flexibility index (Phi) is 4.72. The van der Waals surface area contributed by atoms with Crippen LogP contribution in [0.1, 0.15) is 41.7 Å². The SMILES string of the molecule is O=C(Cc1csc(NC(=O)c2ccccc2F)n1)OC1CC2CCC1C2. The summed E-state index contributed by atoms with van der Waals surface area (Å²) in [4.78, 5) is 28.5. The molecule has 1 N–H and O–H groups in total. The number of anilines is 1. The van der Waals surface area contributed by atoms with E-state index in [-0.39, 0.29) is 24.1 Å². The third kappa shape index (κ3) is 3.62. The molecule has 2 aliphatic carbocycles. The number of hydrogen-bond acceptors (Lipinski definition) is 5. The molecule has 4 rings (SSSR count). The molecule has 3 unspecified atom stereocenters. The molecule has 2 aliphatic rings. The second-order valence-electron chi connectivity index (χ2n) is 6.96.